The molecular weight excluding hydrogens is 225 g/mol. The third-order valence-corrected chi connectivity index (χ3v) is 2.26. The molecule has 1 saturated heterocycles. The van der Waals surface area contributed by atoms with Gasteiger partial charge in [-0.3, -0.25) is 9.59 Å². The van der Waals surface area contributed by atoms with Crippen LogP contribution in [0.25, 0.3) is 0 Å². The lowest BCUT2D eigenvalue weighted by Gasteiger charge is -2.26. The van der Waals surface area contributed by atoms with Gasteiger partial charge in [-0.15, -0.1) is 0 Å². The predicted octanol–water partition coefficient (Wildman–Crippen LogP) is 0.677. The normalized spacial score (nSPS) is 17.6. The number of nitrogens with zero attached hydrogens (tertiary/aromatic N) is 1. The van der Waals surface area contributed by atoms with E-state index in [1.54, 1.807) is 0 Å². The van der Waals surface area contributed by atoms with Crippen LogP contribution >= 0.6 is 0 Å². The Morgan fingerprint density at radius 1 is 1.25 bits per heavy atom. The van der Waals surface area contributed by atoms with Crippen molar-refractivity contribution in [1.82, 2.24) is 10.2 Å². The Hall–Kier alpha value is -1.27. The van der Waals surface area contributed by atoms with Crippen molar-refractivity contribution in [2.45, 2.75) is 25.4 Å². The molecule has 0 radical (unpaired) electrons. The number of unbranched alkanes of at least 4 members (excludes halogenated alkanes) is 1. The van der Waals surface area contributed by atoms with Gasteiger partial charge in [-0.25, -0.2) is 0 Å². The molecule has 0 bridgehead atoms. The zero-order chi connectivity index (χ0) is 12.2. The maximum atomic E-state index is 11.8. The van der Waals surface area contributed by atoms with Crippen LogP contribution in [0.4, 0.5) is 13.2 Å². The van der Waals surface area contributed by atoms with Crippen molar-refractivity contribution in [1.29, 1.82) is 0 Å². The first-order chi connectivity index (χ1) is 7.38. The summed E-state index contributed by atoms with van der Waals surface area (Å²) in [4.78, 5) is 23.4. The van der Waals surface area contributed by atoms with Gasteiger partial charge in [0.25, 0.3) is 0 Å². The van der Waals surface area contributed by atoms with E-state index in [9.17, 15) is 22.8 Å². The van der Waals surface area contributed by atoms with Gasteiger partial charge in [-0.1, -0.05) is 0 Å². The Bertz CT molecular complexity index is 278. The fraction of sp³-hybridized carbons (Fsp3) is 0.778. The minimum absolute atomic E-state index is 0.0189. The highest BCUT2D eigenvalue weighted by Crippen LogP contribution is 2.22. The van der Waals surface area contributed by atoms with E-state index in [4.69, 9.17) is 0 Å². The standard InChI is InChI=1S/C9H13F3N2O2/c10-9(11,12)3-1-2-4-14-6-7(15)13-5-8(14)16/h1-6H2,(H,13,15). The molecule has 16 heavy (non-hydrogen) atoms. The summed E-state index contributed by atoms with van der Waals surface area (Å²) in [5.74, 6) is -0.512. The van der Waals surface area contributed by atoms with E-state index >= 15 is 0 Å². The second-order valence-corrected chi connectivity index (χ2v) is 3.66. The fourth-order valence-corrected chi connectivity index (χ4v) is 1.44. The van der Waals surface area contributed by atoms with Crippen molar-refractivity contribution in [3.63, 3.8) is 0 Å². The Labute approximate surface area is 90.8 Å². The maximum absolute atomic E-state index is 11.8. The van der Waals surface area contributed by atoms with E-state index in [0.29, 0.717) is 0 Å². The highest BCUT2D eigenvalue weighted by Gasteiger charge is 2.27. The molecule has 1 aliphatic rings. The van der Waals surface area contributed by atoms with Crippen molar-refractivity contribution in [2.75, 3.05) is 19.6 Å². The summed E-state index contributed by atoms with van der Waals surface area (Å²) in [5, 5.41) is 2.37. The zero-order valence-electron chi connectivity index (χ0n) is 8.64. The van der Waals surface area contributed by atoms with Crippen LogP contribution in [0, 0.1) is 0 Å². The first kappa shape index (κ1) is 12.8. The second-order valence-electron chi connectivity index (χ2n) is 3.66. The molecule has 0 aromatic heterocycles. The molecule has 1 aliphatic heterocycles. The van der Waals surface area contributed by atoms with E-state index in [1.807, 2.05) is 0 Å². The molecule has 0 unspecified atom stereocenters. The van der Waals surface area contributed by atoms with Crippen LogP contribution < -0.4 is 5.32 Å². The maximum Gasteiger partial charge on any atom is 0.389 e. The Kier molecular flexibility index (Phi) is 4.14. The average molecular weight is 238 g/mol. The fourth-order valence-electron chi connectivity index (χ4n) is 1.44. The number of amides is 2. The lowest BCUT2D eigenvalue weighted by molar-refractivity contribution is -0.141. The van der Waals surface area contributed by atoms with Crippen LogP contribution in [0.15, 0.2) is 0 Å². The van der Waals surface area contributed by atoms with Gasteiger partial charge in [-0.2, -0.15) is 13.2 Å². The zero-order valence-corrected chi connectivity index (χ0v) is 8.64. The largest absolute Gasteiger partial charge is 0.389 e. The van der Waals surface area contributed by atoms with Gasteiger partial charge in [0.2, 0.25) is 11.8 Å². The number of carbonyl (C=O) groups is 2. The van der Waals surface area contributed by atoms with E-state index < -0.39 is 12.6 Å². The van der Waals surface area contributed by atoms with Gasteiger partial charge < -0.3 is 10.2 Å². The molecule has 1 rings (SSSR count). The number of rotatable bonds is 4. The van der Waals surface area contributed by atoms with E-state index in [0.717, 1.165) is 0 Å². The van der Waals surface area contributed by atoms with E-state index in [2.05, 4.69) is 5.32 Å². The molecule has 1 heterocycles. The quantitative estimate of drug-likeness (QED) is 0.732. The molecule has 0 atom stereocenters. The van der Waals surface area contributed by atoms with E-state index in [1.165, 1.54) is 4.90 Å². The molecule has 4 nitrogen and oxygen atoms in total. The number of alkyl halides is 3. The lowest BCUT2D eigenvalue weighted by Crippen LogP contribution is -2.51. The molecule has 0 aliphatic carbocycles. The van der Waals surface area contributed by atoms with Crippen molar-refractivity contribution >= 4 is 11.8 Å². The van der Waals surface area contributed by atoms with Crippen LogP contribution in [0.5, 0.6) is 0 Å². The molecule has 92 valence electrons. The van der Waals surface area contributed by atoms with Crippen molar-refractivity contribution < 1.29 is 22.8 Å². The average Bonchev–Trinajstić information content (AvgIpc) is 2.16. The lowest BCUT2D eigenvalue weighted by atomic mass is 10.2. The monoisotopic (exact) mass is 238 g/mol. The third kappa shape index (κ3) is 4.50. The van der Waals surface area contributed by atoms with Crippen LogP contribution in [0.3, 0.4) is 0 Å². The summed E-state index contributed by atoms with van der Waals surface area (Å²) in [6.07, 6.45) is -4.75. The summed E-state index contributed by atoms with van der Waals surface area (Å²) in [6.45, 7) is 0.102. The first-order valence-electron chi connectivity index (χ1n) is 5.00. The van der Waals surface area contributed by atoms with Crippen LogP contribution in [-0.2, 0) is 9.59 Å². The van der Waals surface area contributed by atoms with Gasteiger partial charge in [0, 0.05) is 13.0 Å². The number of piperazine rings is 1. The van der Waals surface area contributed by atoms with Crippen LogP contribution in [-0.4, -0.2) is 42.5 Å². The SMILES string of the molecule is O=C1CN(CCCCC(F)(F)F)C(=O)CN1. The number of nitrogens with one attached hydrogen (secondary N) is 1. The molecule has 7 heteroatoms. The molecule has 2 amide bonds. The highest BCUT2D eigenvalue weighted by atomic mass is 19.4. The van der Waals surface area contributed by atoms with Crippen molar-refractivity contribution in [3.05, 3.63) is 0 Å². The minimum atomic E-state index is -4.15. The second kappa shape index (κ2) is 5.18. The smallest absolute Gasteiger partial charge is 0.345 e. The number of hydrogen-bond donors (Lipinski definition) is 1. The summed E-state index contributed by atoms with van der Waals surface area (Å²) in [5.41, 5.74) is 0. The molecule has 1 N–H and O–H groups in total. The molecule has 0 aromatic carbocycles. The predicted molar refractivity (Wildman–Crippen MR) is 49.5 cm³/mol. The summed E-state index contributed by atoms with van der Waals surface area (Å²) in [7, 11) is 0. The topological polar surface area (TPSA) is 49.4 Å². The highest BCUT2D eigenvalue weighted by molar-refractivity contribution is 5.92. The van der Waals surface area contributed by atoms with Crippen LogP contribution in [0.1, 0.15) is 19.3 Å². The summed E-state index contributed by atoms with van der Waals surface area (Å²) < 4.78 is 35.4. The summed E-state index contributed by atoms with van der Waals surface area (Å²) >= 11 is 0. The van der Waals surface area contributed by atoms with Gasteiger partial charge in [-0.05, 0) is 12.8 Å². The minimum Gasteiger partial charge on any atom is -0.345 e. The Morgan fingerprint density at radius 2 is 1.94 bits per heavy atom. The molecule has 0 spiro atoms. The number of halogens is 3. The molecular formula is C9H13F3N2O2. The first-order valence-corrected chi connectivity index (χ1v) is 5.00. The number of hydrogen-bond acceptors (Lipinski definition) is 2. The molecule has 0 aromatic rings. The van der Waals surface area contributed by atoms with Gasteiger partial charge >= 0.3 is 6.18 Å². The van der Waals surface area contributed by atoms with Crippen molar-refractivity contribution in [2.24, 2.45) is 0 Å². The molecule has 1 fully saturated rings. The third-order valence-electron chi connectivity index (χ3n) is 2.26. The Morgan fingerprint density at radius 3 is 2.56 bits per heavy atom. The molecule has 0 saturated carbocycles. The van der Waals surface area contributed by atoms with Gasteiger partial charge in [0.1, 0.15) is 0 Å². The Balaban J connectivity index is 2.21. The van der Waals surface area contributed by atoms with Gasteiger partial charge in [0.15, 0.2) is 0 Å². The number of carbonyl (C=O) groups excluding carboxylic acids is 2. The van der Waals surface area contributed by atoms with Crippen LogP contribution in [0.2, 0.25) is 0 Å². The van der Waals surface area contributed by atoms with Gasteiger partial charge in [0.05, 0.1) is 13.1 Å². The van der Waals surface area contributed by atoms with Crippen molar-refractivity contribution in [3.8, 4) is 0 Å². The summed E-state index contributed by atoms with van der Waals surface area (Å²) in [6, 6.07) is 0. The van der Waals surface area contributed by atoms with E-state index in [-0.39, 0.29) is 44.3 Å².